The van der Waals surface area contributed by atoms with Gasteiger partial charge in [-0.15, -0.1) is 17.5 Å². The number of benzene rings is 2. The van der Waals surface area contributed by atoms with Crippen molar-refractivity contribution in [1.29, 1.82) is 0 Å². The number of allylic oxidation sites excluding steroid dienone is 2. The number of hydrogen-bond donors (Lipinski definition) is 3. The number of rotatable bonds is 16. The molecule has 0 unspecified atom stereocenters. The van der Waals surface area contributed by atoms with E-state index in [0.29, 0.717) is 51.0 Å². The Labute approximate surface area is 247 Å². The molecule has 0 saturated heterocycles. The van der Waals surface area contributed by atoms with Gasteiger partial charge in [-0.2, -0.15) is 0 Å². The zero-order valence-corrected chi connectivity index (χ0v) is 24.7. The Bertz CT molecular complexity index is 1290. The highest BCUT2D eigenvalue weighted by Gasteiger charge is 2.18. The van der Waals surface area contributed by atoms with Gasteiger partial charge in [0.25, 0.3) is 0 Å². The standard InChI is InChI=1S/C33H40N2O5S/c1-4-26(28-8-7-9-30(21-28)40-18-6-5-10-31(37)38)15-16-29(36)20-23(2)33(39)35-22-25-11-13-27(14-12-25)32-24(3)34-17-19-41-32/h7-9,11-14,17,21,23,29,36H,1,5-6,10,15-16,18-20,22H2,2-3H3,(H,35,39)(H,37,38)/t23-,29-/m0/s1. The van der Waals surface area contributed by atoms with Crippen molar-refractivity contribution in [2.75, 3.05) is 12.4 Å². The third-order valence-corrected chi connectivity index (χ3v) is 7.98. The summed E-state index contributed by atoms with van der Waals surface area (Å²) in [6.07, 6.45) is 4.06. The van der Waals surface area contributed by atoms with Gasteiger partial charge in [-0.1, -0.05) is 49.9 Å². The van der Waals surface area contributed by atoms with Crippen LogP contribution in [0.2, 0.25) is 0 Å². The number of aliphatic hydroxyl groups excluding tert-OH is 1. The van der Waals surface area contributed by atoms with E-state index in [-0.39, 0.29) is 18.2 Å². The Balaban J connectivity index is 1.42. The Morgan fingerprint density at radius 1 is 1.17 bits per heavy atom. The minimum atomic E-state index is -0.801. The van der Waals surface area contributed by atoms with Crippen LogP contribution >= 0.6 is 11.8 Å². The van der Waals surface area contributed by atoms with Gasteiger partial charge >= 0.3 is 5.97 Å². The summed E-state index contributed by atoms with van der Waals surface area (Å²) in [6.45, 7) is 8.54. The van der Waals surface area contributed by atoms with E-state index in [9.17, 15) is 14.7 Å². The van der Waals surface area contributed by atoms with E-state index in [2.05, 4.69) is 34.8 Å². The van der Waals surface area contributed by atoms with Gasteiger partial charge in [0.15, 0.2) is 0 Å². The van der Waals surface area contributed by atoms with Crippen LogP contribution in [0.1, 0.15) is 69.1 Å². The number of hydrogen-bond acceptors (Lipinski definition) is 6. The van der Waals surface area contributed by atoms with Gasteiger partial charge in [0.1, 0.15) is 5.75 Å². The second-order valence-corrected chi connectivity index (χ2v) is 11.2. The summed E-state index contributed by atoms with van der Waals surface area (Å²) >= 11 is 1.78. The minimum Gasteiger partial charge on any atom is -0.494 e. The molecule has 0 radical (unpaired) electrons. The Morgan fingerprint density at radius 2 is 1.95 bits per heavy atom. The summed E-state index contributed by atoms with van der Waals surface area (Å²) in [4.78, 5) is 28.9. The first-order valence-corrected chi connectivity index (χ1v) is 15.0. The van der Waals surface area contributed by atoms with Gasteiger partial charge in [-0.3, -0.25) is 14.6 Å². The maximum atomic E-state index is 12.7. The molecule has 1 aliphatic rings. The molecule has 1 aliphatic heterocycles. The van der Waals surface area contributed by atoms with Gasteiger partial charge in [-0.05, 0) is 67.9 Å². The fraction of sp³-hybridized carbons (Fsp3) is 0.394. The van der Waals surface area contributed by atoms with E-state index in [0.717, 1.165) is 33.7 Å². The lowest BCUT2D eigenvalue weighted by molar-refractivity contribution is -0.137. The first-order chi connectivity index (χ1) is 19.8. The lowest BCUT2D eigenvalue weighted by Crippen LogP contribution is -2.31. The van der Waals surface area contributed by atoms with Crippen LogP contribution in [-0.4, -0.2) is 46.8 Å². The lowest BCUT2D eigenvalue weighted by atomic mass is 9.95. The number of carboxylic acid groups (broad SMARTS) is 1. The maximum absolute atomic E-state index is 12.7. The number of ether oxygens (including phenoxy) is 1. The van der Waals surface area contributed by atoms with E-state index >= 15 is 0 Å². The molecule has 1 heterocycles. The molecule has 8 heteroatoms. The summed E-state index contributed by atoms with van der Waals surface area (Å²) < 4.78 is 5.76. The fourth-order valence-electron chi connectivity index (χ4n) is 4.51. The molecule has 3 rings (SSSR count). The smallest absolute Gasteiger partial charge is 0.303 e. The molecule has 0 aliphatic carbocycles. The Kier molecular flexibility index (Phi) is 13.0. The second kappa shape index (κ2) is 16.6. The predicted molar refractivity (Wildman–Crippen MR) is 167 cm³/mol. The van der Waals surface area contributed by atoms with Crippen LogP contribution in [0.5, 0.6) is 5.75 Å². The SMILES string of the molecule is C=C=C(CC[C@H](O)C[C@H](C)C(=O)NCc1ccc(C2=C(C)N=CCS2)cc1)c1cccc(OCCCCC(=O)O)c1. The Morgan fingerprint density at radius 3 is 2.66 bits per heavy atom. The van der Waals surface area contributed by atoms with Gasteiger partial charge in [0.2, 0.25) is 5.91 Å². The summed E-state index contributed by atoms with van der Waals surface area (Å²) in [5, 5.41) is 22.4. The number of carbonyl (C=O) groups excluding carboxylic acids is 1. The molecule has 2 aromatic carbocycles. The van der Waals surface area contributed by atoms with Crippen molar-refractivity contribution in [3.05, 3.63) is 83.2 Å². The maximum Gasteiger partial charge on any atom is 0.303 e. The molecule has 41 heavy (non-hydrogen) atoms. The second-order valence-electron chi connectivity index (χ2n) is 10.2. The van der Waals surface area contributed by atoms with E-state index < -0.39 is 12.1 Å². The van der Waals surface area contributed by atoms with Gasteiger partial charge in [0.05, 0.1) is 18.4 Å². The third kappa shape index (κ3) is 10.7. The van der Waals surface area contributed by atoms with Crippen molar-refractivity contribution in [2.24, 2.45) is 10.9 Å². The number of unbranched alkanes of at least 4 members (excludes halogenated alkanes) is 1. The molecule has 0 spiro atoms. The van der Waals surface area contributed by atoms with E-state index in [4.69, 9.17) is 9.84 Å². The summed E-state index contributed by atoms with van der Waals surface area (Å²) in [7, 11) is 0. The van der Waals surface area contributed by atoms with Gasteiger partial charge in [0, 0.05) is 41.3 Å². The van der Waals surface area contributed by atoms with Crippen LogP contribution in [0.3, 0.4) is 0 Å². The molecule has 0 bridgehead atoms. The number of aliphatic hydroxyl groups is 1. The van der Waals surface area contributed by atoms with Crippen LogP contribution in [0.4, 0.5) is 0 Å². The highest BCUT2D eigenvalue weighted by Crippen LogP contribution is 2.33. The molecule has 0 fully saturated rings. The average molecular weight is 577 g/mol. The molecule has 2 aromatic rings. The number of carboxylic acids is 1. The molecule has 7 nitrogen and oxygen atoms in total. The number of nitrogens with zero attached hydrogens (tertiary/aromatic N) is 1. The van der Waals surface area contributed by atoms with Crippen molar-refractivity contribution < 1.29 is 24.5 Å². The van der Waals surface area contributed by atoms with Crippen LogP contribution < -0.4 is 10.1 Å². The summed E-state index contributed by atoms with van der Waals surface area (Å²) in [5.41, 5.74) is 7.93. The molecule has 1 amide bonds. The molecular formula is C33H40N2O5S. The quantitative estimate of drug-likeness (QED) is 0.156. The Hall–Kier alpha value is -3.58. The van der Waals surface area contributed by atoms with Crippen molar-refractivity contribution in [3.8, 4) is 5.75 Å². The van der Waals surface area contributed by atoms with E-state index in [1.165, 1.54) is 4.91 Å². The molecule has 0 saturated carbocycles. The molecule has 2 atom stereocenters. The van der Waals surface area contributed by atoms with Crippen molar-refractivity contribution in [1.82, 2.24) is 5.32 Å². The molecular weight excluding hydrogens is 536 g/mol. The topological polar surface area (TPSA) is 108 Å². The number of aliphatic carboxylic acids is 1. The number of carbonyl (C=O) groups is 2. The zero-order chi connectivity index (χ0) is 29.6. The third-order valence-electron chi connectivity index (χ3n) is 6.85. The average Bonchev–Trinajstić information content (AvgIpc) is 2.96. The van der Waals surface area contributed by atoms with Crippen molar-refractivity contribution in [2.45, 2.75) is 65.0 Å². The molecule has 0 aromatic heterocycles. The number of nitrogens with one attached hydrogen (secondary N) is 1. The molecule has 3 N–H and O–H groups in total. The highest BCUT2D eigenvalue weighted by molar-refractivity contribution is 8.08. The summed E-state index contributed by atoms with van der Waals surface area (Å²) in [5.74, 6) is 0.351. The van der Waals surface area contributed by atoms with Gasteiger partial charge < -0.3 is 20.3 Å². The first kappa shape index (κ1) is 31.9. The van der Waals surface area contributed by atoms with E-state index in [1.807, 2.05) is 56.5 Å². The molecule has 218 valence electrons. The predicted octanol–water partition coefficient (Wildman–Crippen LogP) is 6.48. The van der Waals surface area contributed by atoms with E-state index in [1.54, 1.807) is 11.8 Å². The number of amides is 1. The highest BCUT2D eigenvalue weighted by atomic mass is 32.2. The normalized spacial score (nSPS) is 14.2. The van der Waals surface area contributed by atoms with Crippen LogP contribution in [0, 0.1) is 5.92 Å². The van der Waals surface area contributed by atoms with Crippen molar-refractivity contribution in [3.63, 3.8) is 0 Å². The lowest BCUT2D eigenvalue weighted by Gasteiger charge is -2.17. The number of thioether (sulfide) groups is 1. The minimum absolute atomic E-state index is 0.0865. The summed E-state index contributed by atoms with van der Waals surface area (Å²) in [6, 6.07) is 15.8. The van der Waals surface area contributed by atoms with Crippen molar-refractivity contribution >= 4 is 40.3 Å². The van der Waals surface area contributed by atoms with Crippen LogP contribution in [0.15, 0.2) is 71.5 Å². The first-order valence-electron chi connectivity index (χ1n) is 14.0. The van der Waals surface area contributed by atoms with Gasteiger partial charge in [-0.25, -0.2) is 0 Å². The fourth-order valence-corrected chi connectivity index (χ4v) is 5.39. The van der Waals surface area contributed by atoms with Crippen LogP contribution in [0.25, 0.3) is 10.5 Å². The largest absolute Gasteiger partial charge is 0.494 e. The van der Waals surface area contributed by atoms with Crippen LogP contribution in [-0.2, 0) is 16.1 Å². The zero-order valence-electron chi connectivity index (χ0n) is 23.9. The number of aliphatic imine (C=N–C) groups is 1. The monoisotopic (exact) mass is 576 g/mol.